The lowest BCUT2D eigenvalue weighted by Gasteiger charge is -2.20. The Bertz CT molecular complexity index is 1100. The molecule has 0 aliphatic carbocycles. The van der Waals surface area contributed by atoms with Crippen LogP contribution in [0.5, 0.6) is 0 Å². The van der Waals surface area contributed by atoms with Crippen LogP contribution in [0.3, 0.4) is 0 Å². The Hall–Kier alpha value is -3.43. The zero-order chi connectivity index (χ0) is 23.0. The molecule has 1 aliphatic heterocycles. The van der Waals surface area contributed by atoms with E-state index in [2.05, 4.69) is 65.8 Å². The topological polar surface area (TPSA) is 76.9 Å². The van der Waals surface area contributed by atoms with Gasteiger partial charge < -0.3 is 15.5 Å². The molecule has 3 aromatic rings. The van der Waals surface area contributed by atoms with Crippen LogP contribution < -0.4 is 15.5 Å². The summed E-state index contributed by atoms with van der Waals surface area (Å²) >= 11 is 0. The summed E-state index contributed by atoms with van der Waals surface area (Å²) in [4.78, 5) is 11.9. The second kappa shape index (κ2) is 10.9. The van der Waals surface area contributed by atoms with E-state index in [9.17, 15) is 5.26 Å². The van der Waals surface area contributed by atoms with E-state index in [1.165, 1.54) is 11.1 Å². The van der Waals surface area contributed by atoms with E-state index in [1.807, 2.05) is 18.2 Å². The number of nitrogens with one attached hydrogen (secondary N) is 2. The Morgan fingerprint density at radius 2 is 1.88 bits per heavy atom. The normalized spacial score (nSPS) is 15.4. The summed E-state index contributed by atoms with van der Waals surface area (Å²) in [6.07, 6.45) is 4.10. The van der Waals surface area contributed by atoms with Gasteiger partial charge in [0.2, 0.25) is 5.95 Å². The molecule has 1 fully saturated rings. The van der Waals surface area contributed by atoms with Crippen molar-refractivity contribution in [2.75, 3.05) is 23.3 Å². The van der Waals surface area contributed by atoms with Crippen molar-refractivity contribution in [2.45, 2.75) is 52.1 Å². The molecule has 2 N–H and O–H groups in total. The SMILES string of the molecule is CCCc1cc(N2CCC(NCc3ccc(CC)cc3)C2)nc(Nc2cccc(C#N)c2)n1. The lowest BCUT2D eigenvalue weighted by molar-refractivity contribution is 0.551. The summed E-state index contributed by atoms with van der Waals surface area (Å²) in [6.45, 7) is 7.13. The van der Waals surface area contributed by atoms with E-state index in [-0.39, 0.29) is 0 Å². The zero-order valence-electron chi connectivity index (χ0n) is 19.5. The van der Waals surface area contributed by atoms with Gasteiger partial charge in [-0.1, -0.05) is 50.6 Å². The first-order valence-corrected chi connectivity index (χ1v) is 11.9. The molecule has 0 spiro atoms. The Balaban J connectivity index is 1.43. The second-order valence-electron chi connectivity index (χ2n) is 8.59. The predicted molar refractivity (Wildman–Crippen MR) is 134 cm³/mol. The van der Waals surface area contributed by atoms with Crippen molar-refractivity contribution in [3.8, 4) is 6.07 Å². The van der Waals surface area contributed by atoms with Crippen LogP contribution in [0.15, 0.2) is 54.6 Å². The van der Waals surface area contributed by atoms with Gasteiger partial charge >= 0.3 is 0 Å². The standard InChI is InChI=1S/C27H32N6/c1-3-6-23-16-26(32-27(30-23)31-24-8-5-7-22(15-24)17-28)33-14-13-25(19-33)29-18-21-11-9-20(4-2)10-12-21/h5,7-12,15-16,25,29H,3-4,6,13-14,18-19H2,1-2H3,(H,30,31,32). The average molecular weight is 441 g/mol. The summed E-state index contributed by atoms with van der Waals surface area (Å²) in [7, 11) is 0. The molecular formula is C27H32N6. The van der Waals surface area contributed by atoms with Gasteiger partial charge in [-0.3, -0.25) is 0 Å². The van der Waals surface area contributed by atoms with E-state index < -0.39 is 0 Å². The summed E-state index contributed by atoms with van der Waals surface area (Å²) in [6, 6.07) is 21.0. The Morgan fingerprint density at radius 1 is 1.06 bits per heavy atom. The van der Waals surface area contributed by atoms with Crippen LogP contribution in [0, 0.1) is 11.3 Å². The monoisotopic (exact) mass is 440 g/mol. The highest BCUT2D eigenvalue weighted by atomic mass is 15.3. The number of anilines is 3. The number of aryl methyl sites for hydroxylation is 2. The van der Waals surface area contributed by atoms with E-state index in [0.29, 0.717) is 17.6 Å². The lowest BCUT2D eigenvalue weighted by atomic mass is 10.1. The molecule has 1 atom stereocenters. The third-order valence-corrected chi connectivity index (χ3v) is 6.06. The lowest BCUT2D eigenvalue weighted by Crippen LogP contribution is -2.32. The van der Waals surface area contributed by atoms with Gasteiger partial charge in [0, 0.05) is 43.1 Å². The maximum Gasteiger partial charge on any atom is 0.229 e. The minimum absolute atomic E-state index is 0.434. The van der Waals surface area contributed by atoms with E-state index in [0.717, 1.165) is 62.5 Å². The van der Waals surface area contributed by atoms with Crippen LogP contribution in [0.4, 0.5) is 17.5 Å². The first-order valence-electron chi connectivity index (χ1n) is 11.9. The maximum absolute atomic E-state index is 9.17. The van der Waals surface area contributed by atoms with Crippen molar-refractivity contribution in [2.24, 2.45) is 0 Å². The van der Waals surface area contributed by atoms with Gasteiger partial charge in [-0.05, 0) is 48.6 Å². The summed E-state index contributed by atoms with van der Waals surface area (Å²) in [5.74, 6) is 1.54. The molecule has 2 aromatic carbocycles. The Kier molecular flexibility index (Phi) is 7.54. The van der Waals surface area contributed by atoms with Crippen LogP contribution in [0.25, 0.3) is 0 Å². The molecule has 2 heterocycles. The minimum atomic E-state index is 0.434. The average Bonchev–Trinajstić information content (AvgIpc) is 3.32. The van der Waals surface area contributed by atoms with Gasteiger partial charge in [0.1, 0.15) is 5.82 Å². The van der Waals surface area contributed by atoms with Gasteiger partial charge in [0.25, 0.3) is 0 Å². The van der Waals surface area contributed by atoms with E-state index in [1.54, 1.807) is 6.07 Å². The van der Waals surface area contributed by atoms with Crippen molar-refractivity contribution in [1.29, 1.82) is 5.26 Å². The molecule has 0 amide bonds. The first kappa shape index (κ1) is 22.8. The molecule has 4 rings (SSSR count). The quantitative estimate of drug-likeness (QED) is 0.489. The van der Waals surface area contributed by atoms with Crippen LogP contribution in [-0.4, -0.2) is 29.1 Å². The number of rotatable bonds is 9. The van der Waals surface area contributed by atoms with Crippen molar-refractivity contribution in [3.05, 3.63) is 77.0 Å². The highest BCUT2D eigenvalue weighted by Crippen LogP contribution is 2.23. The fraction of sp³-hybridized carbons (Fsp3) is 0.370. The molecule has 1 aliphatic rings. The van der Waals surface area contributed by atoms with Crippen molar-refractivity contribution < 1.29 is 0 Å². The van der Waals surface area contributed by atoms with Gasteiger partial charge in [0.05, 0.1) is 11.6 Å². The van der Waals surface area contributed by atoms with Crippen molar-refractivity contribution in [3.63, 3.8) is 0 Å². The van der Waals surface area contributed by atoms with Gasteiger partial charge in [0.15, 0.2) is 0 Å². The largest absolute Gasteiger partial charge is 0.355 e. The molecule has 1 unspecified atom stereocenters. The number of nitrogens with zero attached hydrogens (tertiary/aromatic N) is 4. The molecule has 0 bridgehead atoms. The molecule has 1 saturated heterocycles. The van der Waals surface area contributed by atoms with Crippen molar-refractivity contribution >= 4 is 17.5 Å². The number of aromatic nitrogens is 2. The fourth-order valence-corrected chi connectivity index (χ4v) is 4.17. The molecule has 0 radical (unpaired) electrons. The molecule has 6 heteroatoms. The third kappa shape index (κ3) is 6.09. The molecule has 6 nitrogen and oxygen atoms in total. The van der Waals surface area contributed by atoms with Gasteiger partial charge in [-0.2, -0.15) is 10.2 Å². The molecule has 33 heavy (non-hydrogen) atoms. The molecular weight excluding hydrogens is 408 g/mol. The number of nitriles is 1. The highest BCUT2D eigenvalue weighted by Gasteiger charge is 2.24. The first-order chi connectivity index (χ1) is 16.2. The van der Waals surface area contributed by atoms with Crippen LogP contribution in [0.2, 0.25) is 0 Å². The summed E-state index contributed by atoms with van der Waals surface area (Å²) < 4.78 is 0. The number of hydrogen-bond donors (Lipinski definition) is 2. The maximum atomic E-state index is 9.17. The van der Waals surface area contributed by atoms with Gasteiger partial charge in [-0.15, -0.1) is 0 Å². The summed E-state index contributed by atoms with van der Waals surface area (Å²) in [5.41, 5.74) is 5.17. The highest BCUT2D eigenvalue weighted by molar-refractivity contribution is 5.58. The van der Waals surface area contributed by atoms with E-state index >= 15 is 0 Å². The second-order valence-corrected chi connectivity index (χ2v) is 8.59. The Labute approximate surface area is 196 Å². The summed E-state index contributed by atoms with van der Waals surface area (Å²) in [5, 5.41) is 16.2. The minimum Gasteiger partial charge on any atom is -0.355 e. The van der Waals surface area contributed by atoms with Crippen LogP contribution >= 0.6 is 0 Å². The molecule has 170 valence electrons. The Morgan fingerprint density at radius 3 is 2.64 bits per heavy atom. The number of hydrogen-bond acceptors (Lipinski definition) is 6. The van der Waals surface area contributed by atoms with Crippen molar-refractivity contribution in [1.82, 2.24) is 15.3 Å². The predicted octanol–water partition coefficient (Wildman–Crippen LogP) is 4.98. The van der Waals surface area contributed by atoms with Crippen LogP contribution in [-0.2, 0) is 19.4 Å². The smallest absolute Gasteiger partial charge is 0.229 e. The number of benzene rings is 2. The third-order valence-electron chi connectivity index (χ3n) is 6.06. The molecule has 0 saturated carbocycles. The zero-order valence-corrected chi connectivity index (χ0v) is 19.5. The van der Waals surface area contributed by atoms with Gasteiger partial charge in [-0.25, -0.2) is 4.98 Å². The fourth-order valence-electron chi connectivity index (χ4n) is 4.17. The molecule has 1 aromatic heterocycles. The van der Waals surface area contributed by atoms with E-state index in [4.69, 9.17) is 9.97 Å². The van der Waals surface area contributed by atoms with Crippen LogP contribution in [0.1, 0.15) is 49.1 Å².